The van der Waals surface area contributed by atoms with Gasteiger partial charge in [0.1, 0.15) is 10.6 Å². The average molecular weight is 238 g/mol. The van der Waals surface area contributed by atoms with Crippen LogP contribution in [0.15, 0.2) is 29.0 Å². The molecule has 84 valence electrons. The van der Waals surface area contributed by atoms with Gasteiger partial charge in [0, 0.05) is 7.05 Å². The molecule has 2 aromatic heterocycles. The Labute approximate surface area is 96.0 Å². The van der Waals surface area contributed by atoms with Gasteiger partial charge >= 0.3 is 5.97 Å². The summed E-state index contributed by atoms with van der Waals surface area (Å²) in [5.41, 5.74) is 0. The largest absolute Gasteiger partial charge is 0.477 e. The average Bonchev–Trinajstić information content (AvgIpc) is 2.86. The minimum Gasteiger partial charge on any atom is -0.477 e. The second-order valence-corrected chi connectivity index (χ2v) is 4.26. The maximum Gasteiger partial charge on any atom is 0.347 e. The van der Waals surface area contributed by atoms with Crippen LogP contribution >= 0.6 is 11.3 Å². The molecule has 0 bridgehead atoms. The van der Waals surface area contributed by atoms with Gasteiger partial charge in [-0.3, -0.25) is 0 Å². The number of aromatic nitrogens is 1. The molecule has 6 heteroatoms. The van der Waals surface area contributed by atoms with Crippen molar-refractivity contribution in [2.45, 2.75) is 6.54 Å². The van der Waals surface area contributed by atoms with E-state index in [1.54, 1.807) is 6.26 Å². The number of anilines is 1. The van der Waals surface area contributed by atoms with Gasteiger partial charge in [-0.25, -0.2) is 9.78 Å². The number of carboxylic acid groups (broad SMARTS) is 1. The Morgan fingerprint density at radius 1 is 1.69 bits per heavy atom. The van der Waals surface area contributed by atoms with E-state index in [4.69, 9.17) is 9.52 Å². The van der Waals surface area contributed by atoms with E-state index < -0.39 is 5.97 Å². The Morgan fingerprint density at radius 2 is 2.50 bits per heavy atom. The van der Waals surface area contributed by atoms with Crippen LogP contribution in [0.3, 0.4) is 0 Å². The summed E-state index contributed by atoms with van der Waals surface area (Å²) in [5, 5.41) is 9.43. The molecule has 0 aromatic carbocycles. The van der Waals surface area contributed by atoms with E-state index in [0.717, 1.165) is 17.1 Å². The molecule has 0 aliphatic rings. The first-order valence-corrected chi connectivity index (χ1v) is 5.41. The fraction of sp³-hybridized carbons (Fsp3) is 0.200. The first-order chi connectivity index (χ1) is 7.66. The van der Waals surface area contributed by atoms with E-state index in [-0.39, 0.29) is 4.88 Å². The third-order valence-electron chi connectivity index (χ3n) is 2.00. The number of carbonyl (C=O) groups is 1. The van der Waals surface area contributed by atoms with Crippen molar-refractivity contribution in [1.82, 2.24) is 4.98 Å². The highest BCUT2D eigenvalue weighted by atomic mass is 32.1. The molecule has 0 radical (unpaired) electrons. The number of nitrogens with zero attached hydrogens (tertiary/aromatic N) is 2. The monoisotopic (exact) mass is 238 g/mol. The molecule has 0 saturated heterocycles. The first-order valence-electron chi connectivity index (χ1n) is 4.59. The molecule has 2 aromatic rings. The number of carboxylic acids is 1. The molecule has 0 spiro atoms. The molecule has 0 aliphatic carbocycles. The molecule has 0 aliphatic heterocycles. The van der Waals surface area contributed by atoms with Crippen molar-refractivity contribution in [3.05, 3.63) is 35.2 Å². The van der Waals surface area contributed by atoms with Crippen LogP contribution in [0.5, 0.6) is 0 Å². The van der Waals surface area contributed by atoms with Crippen LogP contribution in [0.1, 0.15) is 15.4 Å². The van der Waals surface area contributed by atoms with E-state index >= 15 is 0 Å². The Bertz CT molecular complexity index is 478. The summed E-state index contributed by atoms with van der Waals surface area (Å²) in [6.07, 6.45) is 2.97. The molecule has 2 heterocycles. The SMILES string of the molecule is CN(Cc1ccco1)c1ncc(C(=O)O)s1. The highest BCUT2D eigenvalue weighted by Gasteiger charge is 2.12. The van der Waals surface area contributed by atoms with Gasteiger partial charge in [-0.2, -0.15) is 0 Å². The Kier molecular flexibility index (Phi) is 2.91. The minimum atomic E-state index is -0.949. The molecule has 1 N–H and O–H groups in total. The molecule has 5 nitrogen and oxygen atoms in total. The van der Waals surface area contributed by atoms with E-state index in [9.17, 15) is 4.79 Å². The molecular formula is C10H10N2O3S. The Hall–Kier alpha value is -1.82. The van der Waals surface area contributed by atoms with Crippen molar-refractivity contribution in [3.8, 4) is 0 Å². The van der Waals surface area contributed by atoms with Gasteiger partial charge in [0.15, 0.2) is 5.13 Å². The number of hydrogen-bond acceptors (Lipinski definition) is 5. The summed E-state index contributed by atoms with van der Waals surface area (Å²) in [6, 6.07) is 3.68. The topological polar surface area (TPSA) is 66.6 Å². The lowest BCUT2D eigenvalue weighted by atomic mass is 10.4. The molecule has 16 heavy (non-hydrogen) atoms. The molecule has 0 unspecified atom stereocenters. The summed E-state index contributed by atoms with van der Waals surface area (Å²) >= 11 is 1.14. The molecule has 0 saturated carbocycles. The van der Waals surface area contributed by atoms with Crippen molar-refractivity contribution in [3.63, 3.8) is 0 Å². The van der Waals surface area contributed by atoms with Crippen molar-refractivity contribution in [2.24, 2.45) is 0 Å². The summed E-state index contributed by atoms with van der Waals surface area (Å²) < 4.78 is 5.20. The second kappa shape index (κ2) is 4.36. The number of furan rings is 1. The zero-order chi connectivity index (χ0) is 11.5. The zero-order valence-electron chi connectivity index (χ0n) is 8.58. The van der Waals surface area contributed by atoms with Gasteiger partial charge in [0.25, 0.3) is 0 Å². The van der Waals surface area contributed by atoms with E-state index in [0.29, 0.717) is 11.7 Å². The quantitative estimate of drug-likeness (QED) is 0.883. The molecule has 2 rings (SSSR count). The van der Waals surface area contributed by atoms with Crippen LogP contribution in [0.25, 0.3) is 0 Å². The third-order valence-corrected chi connectivity index (χ3v) is 3.10. The predicted molar refractivity (Wildman–Crippen MR) is 59.9 cm³/mol. The van der Waals surface area contributed by atoms with Gasteiger partial charge in [0.2, 0.25) is 0 Å². The van der Waals surface area contributed by atoms with Gasteiger partial charge in [-0.1, -0.05) is 11.3 Å². The van der Waals surface area contributed by atoms with Crippen LogP contribution in [0.4, 0.5) is 5.13 Å². The van der Waals surface area contributed by atoms with Crippen molar-refractivity contribution >= 4 is 22.4 Å². The van der Waals surface area contributed by atoms with Crippen LogP contribution in [0.2, 0.25) is 0 Å². The third kappa shape index (κ3) is 2.22. The van der Waals surface area contributed by atoms with Gasteiger partial charge in [-0.05, 0) is 12.1 Å². The molecule has 0 atom stereocenters. The van der Waals surface area contributed by atoms with E-state index in [1.165, 1.54) is 6.20 Å². The smallest absolute Gasteiger partial charge is 0.347 e. The highest BCUT2D eigenvalue weighted by Crippen LogP contribution is 2.22. The number of aromatic carboxylic acids is 1. The summed E-state index contributed by atoms with van der Waals surface area (Å²) in [6.45, 7) is 0.569. The zero-order valence-corrected chi connectivity index (χ0v) is 9.40. The van der Waals surface area contributed by atoms with Crippen LogP contribution in [-0.4, -0.2) is 23.1 Å². The molecule has 0 amide bonds. The van der Waals surface area contributed by atoms with Gasteiger partial charge < -0.3 is 14.4 Å². The summed E-state index contributed by atoms with van der Waals surface area (Å²) in [7, 11) is 1.84. The predicted octanol–water partition coefficient (Wildman–Crippen LogP) is 2.07. The lowest BCUT2D eigenvalue weighted by Gasteiger charge is -2.13. The minimum absolute atomic E-state index is 0.237. The highest BCUT2D eigenvalue weighted by molar-refractivity contribution is 7.17. The number of hydrogen-bond donors (Lipinski definition) is 1. The summed E-state index contributed by atoms with van der Waals surface area (Å²) in [5.74, 6) is -0.135. The Morgan fingerprint density at radius 3 is 3.06 bits per heavy atom. The Balaban J connectivity index is 2.08. The van der Waals surface area contributed by atoms with Crippen LogP contribution in [0, 0.1) is 0 Å². The second-order valence-electron chi connectivity index (χ2n) is 3.25. The lowest BCUT2D eigenvalue weighted by molar-refractivity contribution is 0.0702. The first kappa shape index (κ1) is 10.7. The number of rotatable bonds is 4. The fourth-order valence-corrected chi connectivity index (χ4v) is 1.96. The summed E-state index contributed by atoms with van der Waals surface area (Å²) in [4.78, 5) is 16.8. The lowest BCUT2D eigenvalue weighted by Crippen LogP contribution is -2.15. The normalized spacial score (nSPS) is 10.3. The molecule has 0 fully saturated rings. The van der Waals surface area contributed by atoms with Gasteiger partial charge in [0.05, 0.1) is 19.0 Å². The van der Waals surface area contributed by atoms with E-state index in [1.807, 2.05) is 24.1 Å². The van der Waals surface area contributed by atoms with Crippen molar-refractivity contribution in [1.29, 1.82) is 0 Å². The number of thiazole rings is 1. The van der Waals surface area contributed by atoms with Crippen LogP contribution in [-0.2, 0) is 6.54 Å². The maximum atomic E-state index is 10.7. The standard InChI is InChI=1S/C10H10N2O3S/c1-12(6-7-3-2-4-15-7)10-11-5-8(16-10)9(13)14/h2-5H,6H2,1H3,(H,13,14). The van der Waals surface area contributed by atoms with Gasteiger partial charge in [-0.15, -0.1) is 0 Å². The van der Waals surface area contributed by atoms with E-state index in [2.05, 4.69) is 4.98 Å². The maximum absolute atomic E-state index is 10.7. The van der Waals surface area contributed by atoms with Crippen molar-refractivity contribution in [2.75, 3.05) is 11.9 Å². The van der Waals surface area contributed by atoms with Crippen molar-refractivity contribution < 1.29 is 14.3 Å². The van der Waals surface area contributed by atoms with Crippen LogP contribution < -0.4 is 4.90 Å². The fourth-order valence-electron chi connectivity index (χ4n) is 1.24. The molecular weight excluding hydrogens is 228 g/mol.